The van der Waals surface area contributed by atoms with E-state index in [1.807, 2.05) is 0 Å². The summed E-state index contributed by atoms with van der Waals surface area (Å²) >= 11 is 1.79. The summed E-state index contributed by atoms with van der Waals surface area (Å²) in [5, 5.41) is 3.05. The Labute approximate surface area is 84.9 Å². The molecule has 2 unspecified atom stereocenters. The fourth-order valence-electron chi connectivity index (χ4n) is 1.44. The van der Waals surface area contributed by atoms with Crippen LogP contribution in [0, 0.1) is 0 Å². The predicted molar refractivity (Wildman–Crippen MR) is 58.0 cm³/mol. The molecule has 1 heterocycles. The quantitative estimate of drug-likeness (QED) is 0.758. The molecule has 76 valence electrons. The van der Waals surface area contributed by atoms with E-state index in [2.05, 4.69) is 26.1 Å². The van der Waals surface area contributed by atoms with E-state index in [4.69, 9.17) is 0 Å². The summed E-state index contributed by atoms with van der Waals surface area (Å²) in [6.07, 6.45) is 3.21. The smallest absolute Gasteiger partial charge is 0.236 e. The number of carbonyl (C=O) groups is 1. The van der Waals surface area contributed by atoms with Crippen molar-refractivity contribution in [2.45, 2.75) is 50.8 Å². The Morgan fingerprint density at radius 2 is 2.38 bits per heavy atom. The van der Waals surface area contributed by atoms with Crippen molar-refractivity contribution in [3.63, 3.8) is 0 Å². The summed E-state index contributed by atoms with van der Waals surface area (Å²) in [4.78, 5) is 11.8. The molecule has 3 heteroatoms. The zero-order valence-corrected chi connectivity index (χ0v) is 9.54. The van der Waals surface area contributed by atoms with Crippen molar-refractivity contribution < 1.29 is 4.79 Å². The molecule has 1 fully saturated rings. The van der Waals surface area contributed by atoms with Crippen LogP contribution in [0.15, 0.2) is 0 Å². The maximum atomic E-state index is 11.8. The highest BCUT2D eigenvalue weighted by atomic mass is 32.2. The zero-order chi connectivity index (χ0) is 9.90. The molecule has 1 saturated heterocycles. The van der Waals surface area contributed by atoms with Gasteiger partial charge in [-0.1, -0.05) is 6.92 Å². The summed E-state index contributed by atoms with van der Waals surface area (Å²) < 4.78 is -0.149. The van der Waals surface area contributed by atoms with Gasteiger partial charge < -0.3 is 5.32 Å². The molecular weight excluding hydrogens is 182 g/mol. The van der Waals surface area contributed by atoms with Gasteiger partial charge in [-0.25, -0.2) is 0 Å². The van der Waals surface area contributed by atoms with E-state index >= 15 is 0 Å². The molecule has 0 aromatic carbocycles. The van der Waals surface area contributed by atoms with Crippen molar-refractivity contribution in [1.82, 2.24) is 5.32 Å². The van der Waals surface area contributed by atoms with E-state index in [0.717, 1.165) is 18.6 Å². The highest BCUT2D eigenvalue weighted by molar-refractivity contribution is 8.01. The van der Waals surface area contributed by atoms with Gasteiger partial charge in [-0.3, -0.25) is 4.79 Å². The molecule has 1 aliphatic heterocycles. The summed E-state index contributed by atoms with van der Waals surface area (Å²) in [5.41, 5.74) is 0. The Balaban J connectivity index is 2.46. The largest absolute Gasteiger partial charge is 0.352 e. The van der Waals surface area contributed by atoms with E-state index < -0.39 is 0 Å². The van der Waals surface area contributed by atoms with Crippen molar-refractivity contribution in [3.05, 3.63) is 0 Å². The third kappa shape index (κ3) is 2.63. The Kier molecular flexibility index (Phi) is 3.65. The van der Waals surface area contributed by atoms with Crippen molar-refractivity contribution in [1.29, 1.82) is 0 Å². The van der Waals surface area contributed by atoms with Crippen LogP contribution in [-0.2, 0) is 4.79 Å². The molecule has 1 aliphatic rings. The zero-order valence-electron chi connectivity index (χ0n) is 8.72. The van der Waals surface area contributed by atoms with Gasteiger partial charge in [0.15, 0.2) is 0 Å². The van der Waals surface area contributed by atoms with Crippen LogP contribution < -0.4 is 5.32 Å². The molecule has 1 rings (SSSR count). The lowest BCUT2D eigenvalue weighted by atomic mass is 10.0. The average molecular weight is 201 g/mol. The van der Waals surface area contributed by atoms with Crippen LogP contribution in [0.4, 0.5) is 0 Å². The lowest BCUT2D eigenvalue weighted by Gasteiger charge is -2.23. The average Bonchev–Trinajstić information content (AvgIpc) is 2.53. The van der Waals surface area contributed by atoms with E-state index in [-0.39, 0.29) is 10.7 Å². The van der Waals surface area contributed by atoms with Gasteiger partial charge in [-0.2, -0.15) is 0 Å². The van der Waals surface area contributed by atoms with Crippen LogP contribution in [-0.4, -0.2) is 22.4 Å². The first-order chi connectivity index (χ1) is 6.08. The summed E-state index contributed by atoms with van der Waals surface area (Å²) in [6, 6.07) is 0.311. The molecule has 0 aromatic heterocycles. The Bertz CT molecular complexity index is 187. The van der Waals surface area contributed by atoms with Crippen molar-refractivity contribution in [2.75, 3.05) is 5.75 Å². The molecule has 2 atom stereocenters. The standard InChI is InChI=1S/C10H19NOS/c1-4-8(2)11-9(12)10(3)6-5-7-13-10/h8H,4-7H2,1-3H3,(H,11,12). The first-order valence-corrected chi connectivity index (χ1v) is 6.02. The van der Waals surface area contributed by atoms with Gasteiger partial charge in [0, 0.05) is 6.04 Å². The molecular formula is C10H19NOS. The molecule has 0 aromatic rings. The van der Waals surface area contributed by atoms with Gasteiger partial charge in [0.1, 0.15) is 0 Å². The van der Waals surface area contributed by atoms with Crippen LogP contribution >= 0.6 is 11.8 Å². The van der Waals surface area contributed by atoms with Crippen molar-refractivity contribution in [2.24, 2.45) is 0 Å². The number of hydrogen-bond donors (Lipinski definition) is 1. The van der Waals surface area contributed by atoms with Gasteiger partial charge in [-0.15, -0.1) is 11.8 Å². The van der Waals surface area contributed by atoms with Gasteiger partial charge >= 0.3 is 0 Å². The molecule has 1 amide bonds. The third-order valence-corrected chi connectivity index (χ3v) is 4.21. The molecule has 2 nitrogen and oxygen atoms in total. The predicted octanol–water partition coefficient (Wildman–Crippen LogP) is 2.19. The number of nitrogens with one attached hydrogen (secondary N) is 1. The summed E-state index contributed by atoms with van der Waals surface area (Å²) in [7, 11) is 0. The van der Waals surface area contributed by atoms with Crippen LogP contribution in [0.25, 0.3) is 0 Å². The van der Waals surface area contributed by atoms with Crippen LogP contribution in [0.3, 0.4) is 0 Å². The number of thioether (sulfide) groups is 1. The number of hydrogen-bond acceptors (Lipinski definition) is 2. The van der Waals surface area contributed by atoms with Crippen molar-refractivity contribution >= 4 is 17.7 Å². The van der Waals surface area contributed by atoms with Gasteiger partial charge in [0.2, 0.25) is 5.91 Å². The van der Waals surface area contributed by atoms with Crippen LogP contribution in [0.1, 0.15) is 40.0 Å². The first-order valence-electron chi connectivity index (χ1n) is 5.03. The first kappa shape index (κ1) is 10.9. The van der Waals surface area contributed by atoms with Crippen LogP contribution in [0.5, 0.6) is 0 Å². The molecule has 13 heavy (non-hydrogen) atoms. The minimum Gasteiger partial charge on any atom is -0.352 e. The highest BCUT2D eigenvalue weighted by Gasteiger charge is 2.37. The second-order valence-electron chi connectivity index (χ2n) is 3.97. The fourth-order valence-corrected chi connectivity index (χ4v) is 2.65. The monoisotopic (exact) mass is 201 g/mol. The second kappa shape index (κ2) is 4.36. The maximum Gasteiger partial charge on any atom is 0.236 e. The third-order valence-electron chi connectivity index (χ3n) is 2.69. The van der Waals surface area contributed by atoms with E-state index in [0.29, 0.717) is 6.04 Å². The Hall–Kier alpha value is -0.180. The maximum absolute atomic E-state index is 11.8. The second-order valence-corrected chi connectivity index (χ2v) is 5.56. The Morgan fingerprint density at radius 3 is 2.85 bits per heavy atom. The normalized spacial score (nSPS) is 30.1. The minimum atomic E-state index is -0.149. The van der Waals surface area contributed by atoms with E-state index in [1.54, 1.807) is 11.8 Å². The van der Waals surface area contributed by atoms with Gasteiger partial charge in [0.25, 0.3) is 0 Å². The topological polar surface area (TPSA) is 29.1 Å². The molecule has 0 saturated carbocycles. The number of amides is 1. The molecule has 0 radical (unpaired) electrons. The summed E-state index contributed by atoms with van der Waals surface area (Å²) in [5.74, 6) is 1.36. The number of carbonyl (C=O) groups excluding carboxylic acids is 1. The minimum absolute atomic E-state index is 0.149. The summed E-state index contributed by atoms with van der Waals surface area (Å²) in [6.45, 7) is 6.21. The molecule has 1 N–H and O–H groups in total. The van der Waals surface area contributed by atoms with Gasteiger partial charge in [-0.05, 0) is 38.9 Å². The molecule has 0 aliphatic carbocycles. The van der Waals surface area contributed by atoms with E-state index in [9.17, 15) is 4.79 Å². The van der Waals surface area contributed by atoms with E-state index in [1.165, 1.54) is 6.42 Å². The fraction of sp³-hybridized carbons (Fsp3) is 0.900. The Morgan fingerprint density at radius 1 is 1.69 bits per heavy atom. The molecule has 0 bridgehead atoms. The highest BCUT2D eigenvalue weighted by Crippen LogP contribution is 2.37. The lowest BCUT2D eigenvalue weighted by Crippen LogP contribution is -2.44. The lowest BCUT2D eigenvalue weighted by molar-refractivity contribution is -0.123. The SMILES string of the molecule is CCC(C)NC(=O)C1(C)CCCS1. The van der Waals surface area contributed by atoms with Crippen molar-refractivity contribution in [3.8, 4) is 0 Å². The van der Waals surface area contributed by atoms with Gasteiger partial charge in [0.05, 0.1) is 4.75 Å². The van der Waals surface area contributed by atoms with Crippen LogP contribution in [0.2, 0.25) is 0 Å². The molecule has 0 spiro atoms. The number of rotatable bonds is 3.